The number of aromatic amines is 1. The third-order valence-electron chi connectivity index (χ3n) is 15.5. The lowest BCUT2D eigenvalue weighted by Gasteiger charge is -2.29. The zero-order valence-electron chi connectivity index (χ0n) is 47.8. The molecule has 21 nitrogen and oxygen atoms in total. The largest absolute Gasteiger partial charge is 0.454 e. The van der Waals surface area contributed by atoms with Gasteiger partial charge in [0.2, 0.25) is 54.1 Å². The highest BCUT2D eigenvalue weighted by Crippen LogP contribution is 2.36. The third kappa shape index (κ3) is 16.7. The van der Waals surface area contributed by atoms with Gasteiger partial charge in [0.05, 0.1) is 39.1 Å². The number of hydrogen-bond acceptors (Lipinski definition) is 12. The van der Waals surface area contributed by atoms with Crippen molar-refractivity contribution in [2.45, 2.75) is 116 Å². The number of carbonyl (C=O) groups is 8. The summed E-state index contributed by atoms with van der Waals surface area (Å²) < 4.78 is 10.8. The number of carbonyl (C=O) groups excluding carboxylic acids is 8. The minimum atomic E-state index is -0.875. The molecule has 0 aliphatic carbocycles. The van der Waals surface area contributed by atoms with E-state index in [1.165, 1.54) is 58.2 Å². The highest BCUT2D eigenvalue weighted by molar-refractivity contribution is 6.23. The first kappa shape index (κ1) is 60.8. The van der Waals surface area contributed by atoms with Crippen LogP contribution in [-0.4, -0.2) is 161 Å². The van der Waals surface area contributed by atoms with Gasteiger partial charge in [-0.15, -0.1) is 0 Å². The van der Waals surface area contributed by atoms with Gasteiger partial charge in [-0.25, -0.2) is 4.98 Å². The maximum Gasteiger partial charge on any atom is 0.243 e. The van der Waals surface area contributed by atoms with E-state index in [1.54, 1.807) is 6.20 Å². The van der Waals surface area contributed by atoms with Crippen LogP contribution in [-0.2, 0) is 57.7 Å². The fourth-order valence-corrected chi connectivity index (χ4v) is 10.9. The van der Waals surface area contributed by atoms with Gasteiger partial charge in [-0.1, -0.05) is 87.4 Å². The van der Waals surface area contributed by atoms with Crippen molar-refractivity contribution in [1.82, 2.24) is 50.8 Å². The van der Waals surface area contributed by atoms with Crippen molar-refractivity contribution in [3.8, 4) is 11.5 Å². The van der Waals surface area contributed by atoms with Crippen LogP contribution in [0.2, 0.25) is 0 Å². The first-order valence-electron chi connectivity index (χ1n) is 29.3. The predicted octanol–water partition coefficient (Wildman–Crippen LogP) is 4.84. The highest BCUT2D eigenvalue weighted by Gasteiger charge is 2.36. The summed E-state index contributed by atoms with van der Waals surface area (Å²) in [6, 6.07) is 23.0. The SMILES string of the molecule is CCCCN(CC(=O)N(CCc1cnc[nH]1)CC(=O)NCCCC[C@H](NC(=O)CCCc1ccc2ccc3cccc4ccc1c2c34)C(N)=O)C(=O)CNC(=O)[C@@H]1CCCN1C(=O)CN(CCCC)C(=O)CNCc1ccc2c(c1)OCO2. The van der Waals surface area contributed by atoms with Gasteiger partial charge >= 0.3 is 0 Å². The molecule has 5 aromatic carbocycles. The Balaban J connectivity index is 0.774. The van der Waals surface area contributed by atoms with Gasteiger partial charge in [0.25, 0.3) is 0 Å². The van der Waals surface area contributed by atoms with Crippen LogP contribution < -0.4 is 36.5 Å². The molecule has 0 spiro atoms. The summed E-state index contributed by atoms with van der Waals surface area (Å²) in [5.41, 5.74) is 8.54. The number of likely N-dealkylation sites (tertiary alicyclic amines) is 1. The Morgan fingerprint density at radius 2 is 1.43 bits per heavy atom. The molecular formula is C62H79N11O10. The highest BCUT2D eigenvalue weighted by atomic mass is 16.7. The molecule has 3 heterocycles. The van der Waals surface area contributed by atoms with Gasteiger partial charge in [-0.3, -0.25) is 38.4 Å². The van der Waals surface area contributed by atoms with Crippen LogP contribution in [0.4, 0.5) is 0 Å². The molecule has 2 aliphatic heterocycles. The van der Waals surface area contributed by atoms with Crippen molar-refractivity contribution in [3.05, 3.63) is 102 Å². The fraction of sp³-hybridized carbons (Fsp3) is 0.468. The summed E-state index contributed by atoms with van der Waals surface area (Å²) in [5, 5.41) is 18.7. The summed E-state index contributed by atoms with van der Waals surface area (Å²) in [6.45, 7) is 4.59. The fourth-order valence-electron chi connectivity index (χ4n) is 10.9. The number of nitrogens with zero attached hydrogens (tertiary/aromatic N) is 5. The third-order valence-corrected chi connectivity index (χ3v) is 15.5. The number of fused-ring (bicyclic) bond motifs is 1. The average molecular weight is 1140 g/mol. The topological polar surface area (TPSA) is 271 Å². The summed E-state index contributed by atoms with van der Waals surface area (Å²) >= 11 is 0. The van der Waals surface area contributed by atoms with E-state index in [9.17, 15) is 38.4 Å². The van der Waals surface area contributed by atoms with Crippen LogP contribution >= 0.6 is 0 Å². The predicted molar refractivity (Wildman–Crippen MR) is 315 cm³/mol. The number of ether oxygens (including phenoxy) is 2. The van der Waals surface area contributed by atoms with Crippen LogP contribution in [0.3, 0.4) is 0 Å². The van der Waals surface area contributed by atoms with Crippen LogP contribution in [0, 0.1) is 0 Å². The molecule has 0 radical (unpaired) electrons. The van der Waals surface area contributed by atoms with Crippen molar-refractivity contribution in [2.75, 3.05) is 72.2 Å². The zero-order valence-corrected chi connectivity index (χ0v) is 47.8. The summed E-state index contributed by atoms with van der Waals surface area (Å²) in [7, 11) is 0. The van der Waals surface area contributed by atoms with E-state index in [-0.39, 0.29) is 83.2 Å². The molecule has 1 saturated heterocycles. The number of H-pyrrole nitrogens is 1. The van der Waals surface area contributed by atoms with E-state index < -0.39 is 48.2 Å². The maximum absolute atomic E-state index is 14.1. The van der Waals surface area contributed by atoms with E-state index in [4.69, 9.17) is 15.2 Å². The number of benzene rings is 5. The molecule has 2 atom stereocenters. The van der Waals surface area contributed by atoms with Gasteiger partial charge in [0.15, 0.2) is 11.5 Å². The lowest BCUT2D eigenvalue weighted by molar-refractivity contribution is -0.144. The quantitative estimate of drug-likeness (QED) is 0.0239. The summed E-state index contributed by atoms with van der Waals surface area (Å²) in [4.78, 5) is 121. The molecule has 2 aliphatic rings. The smallest absolute Gasteiger partial charge is 0.243 e. The molecule has 0 bridgehead atoms. The molecule has 8 rings (SSSR count). The molecule has 8 amide bonds. The standard InChI is InChI=1S/C62H79N11O10/c1-3-5-28-70(56(77)36-67-62(81)50-16-11-30-73(50)58(79)39-71(29-6-4-2)55(76)35-64-33-42-18-25-51-52(32-42)83-41-82-51)38-57(78)72(31-26-47-34-65-40-68-47)37-54(75)66-27-8-7-15-49(61(63)80)69-53(74)17-10-12-43-19-20-46-22-21-44-13-9-14-45-23-24-48(43)60(46)59(44)45/h9,13-14,18-25,32,34,40,49-50,64H,3-8,10-12,15-17,26-31,33,35-39,41H2,1-2H3,(H2,63,80)(H,65,68)(H,66,75)(H,67,81)(H,69,74)/t49-,50-/m0/s1. The molecular weight excluding hydrogens is 1060 g/mol. The first-order chi connectivity index (χ1) is 40.3. The summed E-state index contributed by atoms with van der Waals surface area (Å²) in [6.07, 6.45) is 9.99. The number of aryl methyl sites for hydroxylation is 1. The van der Waals surface area contributed by atoms with Gasteiger partial charge < -0.3 is 61.1 Å². The normalized spacial score (nSPS) is 14.0. The van der Waals surface area contributed by atoms with Crippen LogP contribution in [0.15, 0.2) is 85.3 Å². The molecule has 1 fully saturated rings. The van der Waals surface area contributed by atoms with Crippen molar-refractivity contribution >= 4 is 79.6 Å². The van der Waals surface area contributed by atoms with Gasteiger partial charge in [-0.2, -0.15) is 0 Å². The molecule has 7 N–H and O–H groups in total. The second kappa shape index (κ2) is 30.1. The van der Waals surface area contributed by atoms with Gasteiger partial charge in [0.1, 0.15) is 12.1 Å². The molecule has 6 aromatic rings. The lowest BCUT2D eigenvalue weighted by atomic mass is 9.90. The van der Waals surface area contributed by atoms with Crippen molar-refractivity contribution in [1.29, 1.82) is 0 Å². The second-order valence-corrected chi connectivity index (χ2v) is 21.5. The maximum atomic E-state index is 14.1. The van der Waals surface area contributed by atoms with Crippen molar-refractivity contribution in [2.24, 2.45) is 5.73 Å². The Bertz CT molecular complexity index is 3190. The van der Waals surface area contributed by atoms with Crippen LogP contribution in [0.25, 0.3) is 32.3 Å². The van der Waals surface area contributed by atoms with Gasteiger partial charge in [0, 0.05) is 64.0 Å². The molecule has 0 saturated carbocycles. The number of hydrogen-bond donors (Lipinski definition) is 6. The van der Waals surface area contributed by atoms with Crippen LogP contribution in [0.5, 0.6) is 11.5 Å². The average Bonchev–Trinajstić information content (AvgIpc) is 4.37. The Labute approximate surface area is 484 Å². The van der Waals surface area contributed by atoms with E-state index in [0.717, 1.165) is 29.7 Å². The first-order valence-corrected chi connectivity index (χ1v) is 29.3. The molecule has 0 unspecified atom stereocenters. The monoisotopic (exact) mass is 1140 g/mol. The van der Waals surface area contributed by atoms with E-state index >= 15 is 0 Å². The number of primary amides is 1. The van der Waals surface area contributed by atoms with Crippen LogP contribution in [0.1, 0.15) is 101 Å². The number of imidazole rings is 1. The molecule has 83 heavy (non-hydrogen) atoms. The number of nitrogens with two attached hydrogens (primary N) is 1. The van der Waals surface area contributed by atoms with E-state index in [2.05, 4.69) is 85.8 Å². The minimum absolute atomic E-state index is 0.00310. The molecule has 21 heteroatoms. The number of amides is 8. The Hall–Kier alpha value is -8.33. The number of unbranched alkanes of at least 4 members (excludes halogenated alkanes) is 3. The molecule has 1 aromatic heterocycles. The number of aromatic nitrogens is 2. The number of nitrogens with one attached hydrogen (secondary N) is 5. The van der Waals surface area contributed by atoms with Gasteiger partial charge in [-0.05, 0) is 113 Å². The lowest BCUT2D eigenvalue weighted by Crippen LogP contribution is -2.53. The van der Waals surface area contributed by atoms with E-state index in [1.807, 2.05) is 32.0 Å². The second-order valence-electron chi connectivity index (χ2n) is 21.5. The van der Waals surface area contributed by atoms with Crippen molar-refractivity contribution in [3.63, 3.8) is 0 Å². The Morgan fingerprint density at radius 3 is 2.18 bits per heavy atom. The molecule has 442 valence electrons. The zero-order chi connectivity index (χ0) is 58.7. The minimum Gasteiger partial charge on any atom is -0.454 e. The number of rotatable bonds is 33. The van der Waals surface area contributed by atoms with Crippen molar-refractivity contribution < 1.29 is 47.8 Å². The van der Waals surface area contributed by atoms with E-state index in [0.29, 0.717) is 88.9 Å². The Kier molecular flexibility index (Phi) is 22.0. The summed E-state index contributed by atoms with van der Waals surface area (Å²) in [5.74, 6) is -2.09. The Morgan fingerprint density at radius 1 is 0.723 bits per heavy atom.